The zero-order valence-electron chi connectivity index (χ0n) is 8.58. The average Bonchev–Trinajstić information content (AvgIpc) is 2.14. The van der Waals surface area contributed by atoms with Crippen molar-refractivity contribution in [1.82, 2.24) is 0 Å². The fourth-order valence-corrected chi connectivity index (χ4v) is 3.17. The molecule has 7 heteroatoms. The quantitative estimate of drug-likeness (QED) is 0.489. The molecule has 0 amide bonds. The standard InChI is InChI=1S/C10H8BrF3OS2/c1-5(15)9(11)8-6(16)3-2-4-7(8)17-10(12,13)14/h2-4,9,16H,1H3. The van der Waals surface area contributed by atoms with Crippen molar-refractivity contribution in [3.05, 3.63) is 23.8 Å². The molecule has 0 radical (unpaired) electrons. The molecule has 1 atom stereocenters. The molecule has 0 aromatic heterocycles. The SMILES string of the molecule is CC(=O)C(Br)c1c(S)cccc1SC(F)(F)F. The summed E-state index contributed by atoms with van der Waals surface area (Å²) in [5.41, 5.74) is -4.13. The Morgan fingerprint density at radius 2 is 2.06 bits per heavy atom. The maximum Gasteiger partial charge on any atom is 0.446 e. The molecule has 17 heavy (non-hydrogen) atoms. The number of carbonyl (C=O) groups excluding carboxylic acids is 1. The summed E-state index contributed by atoms with van der Waals surface area (Å²) in [5, 5.41) is 0. The zero-order chi connectivity index (χ0) is 13.2. The van der Waals surface area contributed by atoms with Crippen LogP contribution in [-0.2, 0) is 4.79 Å². The van der Waals surface area contributed by atoms with Crippen molar-refractivity contribution in [2.45, 2.75) is 27.1 Å². The molecule has 0 saturated heterocycles. The Hall–Kier alpha value is -0.140. The van der Waals surface area contributed by atoms with Gasteiger partial charge in [0, 0.05) is 15.4 Å². The smallest absolute Gasteiger partial charge is 0.298 e. The topological polar surface area (TPSA) is 17.1 Å². The molecule has 1 aromatic carbocycles. The zero-order valence-corrected chi connectivity index (χ0v) is 11.9. The maximum atomic E-state index is 12.4. The Kier molecular flexibility index (Phi) is 4.97. The lowest BCUT2D eigenvalue weighted by Crippen LogP contribution is -2.07. The number of benzene rings is 1. The number of ketones is 1. The van der Waals surface area contributed by atoms with Gasteiger partial charge in [-0.1, -0.05) is 22.0 Å². The Morgan fingerprint density at radius 3 is 2.53 bits per heavy atom. The van der Waals surface area contributed by atoms with Gasteiger partial charge in [0.25, 0.3) is 0 Å². The van der Waals surface area contributed by atoms with E-state index >= 15 is 0 Å². The number of halogens is 4. The monoisotopic (exact) mass is 344 g/mol. The number of hydrogen-bond donors (Lipinski definition) is 1. The average molecular weight is 345 g/mol. The highest BCUT2D eigenvalue weighted by molar-refractivity contribution is 9.09. The molecule has 0 spiro atoms. The van der Waals surface area contributed by atoms with Gasteiger partial charge >= 0.3 is 5.51 Å². The van der Waals surface area contributed by atoms with Crippen molar-refractivity contribution in [3.63, 3.8) is 0 Å². The Balaban J connectivity index is 3.22. The Morgan fingerprint density at radius 1 is 1.47 bits per heavy atom. The number of thiol groups is 1. The van der Waals surface area contributed by atoms with Crippen LogP contribution in [-0.4, -0.2) is 11.3 Å². The third kappa shape index (κ3) is 4.22. The van der Waals surface area contributed by atoms with Gasteiger partial charge in [-0.15, -0.1) is 12.6 Å². The third-order valence-corrected chi connectivity index (χ3v) is 4.18. The molecular formula is C10H8BrF3OS2. The van der Waals surface area contributed by atoms with E-state index < -0.39 is 10.3 Å². The lowest BCUT2D eigenvalue weighted by molar-refractivity contribution is -0.116. The summed E-state index contributed by atoms with van der Waals surface area (Å²) in [5.74, 6) is -0.268. The number of alkyl halides is 4. The number of hydrogen-bond acceptors (Lipinski definition) is 3. The number of Topliss-reactive ketones (excluding diaryl/α,β-unsaturated/α-hetero) is 1. The van der Waals surface area contributed by atoms with Gasteiger partial charge in [0.05, 0.1) is 4.83 Å². The first-order valence-corrected chi connectivity index (χ1v) is 6.62. The van der Waals surface area contributed by atoms with Gasteiger partial charge in [-0.2, -0.15) is 13.2 Å². The molecule has 0 bridgehead atoms. The minimum Gasteiger partial charge on any atom is -0.298 e. The normalized spacial score (nSPS) is 13.5. The fourth-order valence-electron chi connectivity index (χ4n) is 1.20. The second-order valence-electron chi connectivity index (χ2n) is 3.21. The summed E-state index contributed by atoms with van der Waals surface area (Å²) in [6.07, 6.45) is 0. The van der Waals surface area contributed by atoms with Crippen molar-refractivity contribution >= 4 is 46.1 Å². The molecular weight excluding hydrogens is 337 g/mol. The van der Waals surface area contributed by atoms with Crippen molar-refractivity contribution < 1.29 is 18.0 Å². The van der Waals surface area contributed by atoms with Crippen LogP contribution in [0.2, 0.25) is 0 Å². The van der Waals surface area contributed by atoms with Gasteiger partial charge in [-0.3, -0.25) is 4.79 Å². The van der Waals surface area contributed by atoms with E-state index in [0.29, 0.717) is 4.90 Å². The van der Waals surface area contributed by atoms with Gasteiger partial charge in [-0.05, 0) is 30.8 Å². The van der Waals surface area contributed by atoms with Crippen molar-refractivity contribution in [2.75, 3.05) is 0 Å². The van der Waals surface area contributed by atoms with Crippen molar-refractivity contribution in [3.8, 4) is 0 Å². The summed E-state index contributed by atoms with van der Waals surface area (Å²) in [6, 6.07) is 4.35. The van der Waals surface area contributed by atoms with E-state index in [4.69, 9.17) is 0 Å². The van der Waals surface area contributed by atoms with Crippen LogP contribution >= 0.6 is 40.3 Å². The van der Waals surface area contributed by atoms with Crippen molar-refractivity contribution in [1.29, 1.82) is 0 Å². The lowest BCUT2D eigenvalue weighted by Gasteiger charge is -2.15. The molecule has 1 rings (SSSR count). The fraction of sp³-hybridized carbons (Fsp3) is 0.300. The first kappa shape index (κ1) is 14.9. The van der Waals surface area contributed by atoms with Gasteiger partial charge in [0.2, 0.25) is 0 Å². The van der Waals surface area contributed by atoms with Crippen LogP contribution in [0.5, 0.6) is 0 Å². The lowest BCUT2D eigenvalue weighted by atomic mass is 10.1. The third-order valence-electron chi connectivity index (χ3n) is 1.88. The molecule has 0 saturated carbocycles. The minimum absolute atomic E-state index is 0.0120. The van der Waals surface area contributed by atoms with Crippen molar-refractivity contribution in [2.24, 2.45) is 0 Å². The van der Waals surface area contributed by atoms with Gasteiger partial charge in [0.1, 0.15) is 5.78 Å². The second kappa shape index (κ2) is 5.67. The predicted molar refractivity (Wildman–Crippen MR) is 68.0 cm³/mol. The van der Waals surface area contributed by atoms with Crippen LogP contribution in [0, 0.1) is 0 Å². The van der Waals surface area contributed by atoms with E-state index in [1.54, 1.807) is 6.07 Å². The minimum atomic E-state index is -4.39. The molecule has 1 unspecified atom stereocenters. The first-order valence-electron chi connectivity index (χ1n) is 4.44. The van der Waals surface area contributed by atoms with Gasteiger partial charge in [-0.25, -0.2) is 0 Å². The summed E-state index contributed by atoms with van der Waals surface area (Å²) in [7, 11) is 0. The van der Waals surface area contributed by atoms with Crippen LogP contribution in [0.15, 0.2) is 28.0 Å². The van der Waals surface area contributed by atoms with E-state index in [2.05, 4.69) is 28.6 Å². The molecule has 0 fully saturated rings. The molecule has 1 aromatic rings. The Bertz CT molecular complexity index is 434. The van der Waals surface area contributed by atoms with Gasteiger partial charge in [0.15, 0.2) is 0 Å². The van der Waals surface area contributed by atoms with E-state index in [1.807, 2.05) is 0 Å². The predicted octanol–water partition coefficient (Wildman–Crippen LogP) is 4.61. The van der Waals surface area contributed by atoms with E-state index in [0.717, 1.165) is 0 Å². The number of carbonyl (C=O) groups is 1. The maximum absolute atomic E-state index is 12.4. The summed E-state index contributed by atoms with van der Waals surface area (Å²) in [4.78, 5) is 10.8. The molecule has 0 N–H and O–H groups in total. The summed E-state index contributed by atoms with van der Waals surface area (Å²) >= 11 is 6.92. The molecule has 94 valence electrons. The van der Waals surface area contributed by atoms with Gasteiger partial charge < -0.3 is 0 Å². The van der Waals surface area contributed by atoms with Crippen LogP contribution in [0.3, 0.4) is 0 Å². The molecule has 0 heterocycles. The van der Waals surface area contributed by atoms with E-state index in [1.165, 1.54) is 19.1 Å². The van der Waals surface area contributed by atoms with Crippen LogP contribution in [0.4, 0.5) is 13.2 Å². The molecule has 0 aliphatic rings. The van der Waals surface area contributed by atoms with Crippen LogP contribution in [0.1, 0.15) is 17.3 Å². The highest BCUT2D eigenvalue weighted by Gasteiger charge is 2.32. The highest BCUT2D eigenvalue weighted by atomic mass is 79.9. The summed E-state index contributed by atoms with van der Waals surface area (Å²) < 4.78 is 37.1. The number of rotatable bonds is 3. The second-order valence-corrected chi connectivity index (χ2v) is 5.71. The molecule has 1 nitrogen and oxygen atoms in total. The van der Waals surface area contributed by atoms with E-state index in [9.17, 15) is 18.0 Å². The number of thioether (sulfide) groups is 1. The highest BCUT2D eigenvalue weighted by Crippen LogP contribution is 2.43. The Labute approximate surface area is 115 Å². The largest absolute Gasteiger partial charge is 0.446 e. The molecule has 0 aliphatic carbocycles. The summed E-state index contributed by atoms with van der Waals surface area (Å²) in [6.45, 7) is 1.31. The van der Waals surface area contributed by atoms with Crippen LogP contribution in [0.25, 0.3) is 0 Å². The van der Waals surface area contributed by atoms with Crippen LogP contribution < -0.4 is 0 Å². The first-order chi connectivity index (χ1) is 7.72. The molecule has 0 aliphatic heterocycles. The van der Waals surface area contributed by atoms with E-state index in [-0.39, 0.29) is 28.0 Å².